The number of thiophene rings is 1. The van der Waals surface area contributed by atoms with E-state index in [2.05, 4.69) is 50.3 Å². The Morgan fingerprint density at radius 1 is 1.40 bits per heavy atom. The van der Waals surface area contributed by atoms with Crippen LogP contribution < -0.4 is 10.1 Å². The van der Waals surface area contributed by atoms with Crippen LogP contribution >= 0.6 is 27.3 Å². The predicted molar refractivity (Wildman–Crippen MR) is 85.3 cm³/mol. The van der Waals surface area contributed by atoms with Crippen LogP contribution in [-0.4, -0.2) is 23.6 Å². The average molecular weight is 356 g/mol. The summed E-state index contributed by atoms with van der Waals surface area (Å²) in [5.41, 5.74) is 0.967. The quantitative estimate of drug-likeness (QED) is 0.824. The number of methoxy groups -OCH3 is 1. The minimum atomic E-state index is 0.178. The molecule has 0 saturated carbocycles. The Balaban J connectivity index is 2.17. The Morgan fingerprint density at radius 2 is 2.25 bits per heavy atom. The lowest BCUT2D eigenvalue weighted by Crippen LogP contribution is -2.24. The van der Waals surface area contributed by atoms with Crippen molar-refractivity contribution in [2.45, 2.75) is 25.8 Å². The highest BCUT2D eigenvalue weighted by molar-refractivity contribution is 9.11. The smallest absolute Gasteiger partial charge is 0.216 e. The van der Waals surface area contributed by atoms with Gasteiger partial charge >= 0.3 is 0 Å². The van der Waals surface area contributed by atoms with Gasteiger partial charge in [-0.1, -0.05) is 6.92 Å². The molecular weight excluding hydrogens is 338 g/mol. The highest BCUT2D eigenvalue weighted by atomic mass is 79.9. The number of nitrogens with zero attached hydrogens (tertiary/aromatic N) is 2. The van der Waals surface area contributed by atoms with E-state index in [0.29, 0.717) is 5.88 Å². The molecule has 0 fully saturated rings. The van der Waals surface area contributed by atoms with Crippen LogP contribution in [0.5, 0.6) is 5.88 Å². The zero-order chi connectivity index (χ0) is 14.4. The average Bonchev–Trinajstić information content (AvgIpc) is 2.88. The summed E-state index contributed by atoms with van der Waals surface area (Å²) in [5, 5.41) is 3.54. The van der Waals surface area contributed by atoms with Crippen LogP contribution in [-0.2, 0) is 6.42 Å². The molecule has 0 aliphatic carbocycles. The third-order valence-electron chi connectivity index (χ3n) is 2.90. The van der Waals surface area contributed by atoms with Crippen LogP contribution in [0, 0.1) is 0 Å². The summed E-state index contributed by atoms with van der Waals surface area (Å²) in [6, 6.07) is 6.30. The van der Waals surface area contributed by atoms with Gasteiger partial charge in [-0.15, -0.1) is 11.3 Å². The van der Waals surface area contributed by atoms with Gasteiger partial charge in [0, 0.05) is 17.4 Å². The van der Waals surface area contributed by atoms with Gasteiger partial charge in [-0.3, -0.25) is 0 Å². The van der Waals surface area contributed by atoms with Crippen molar-refractivity contribution in [3.05, 3.63) is 38.9 Å². The summed E-state index contributed by atoms with van der Waals surface area (Å²) in [6.07, 6.45) is 3.56. The largest absolute Gasteiger partial charge is 0.481 e. The zero-order valence-corrected chi connectivity index (χ0v) is 14.0. The van der Waals surface area contributed by atoms with Gasteiger partial charge in [0.25, 0.3) is 0 Å². The lowest BCUT2D eigenvalue weighted by atomic mass is 10.1. The molecule has 0 spiro atoms. The maximum absolute atomic E-state index is 5.18. The summed E-state index contributed by atoms with van der Waals surface area (Å²) < 4.78 is 6.33. The van der Waals surface area contributed by atoms with Gasteiger partial charge in [0.2, 0.25) is 5.88 Å². The third-order valence-corrected chi connectivity index (χ3v) is 4.55. The lowest BCUT2D eigenvalue weighted by molar-refractivity contribution is 0.393. The molecule has 0 radical (unpaired) electrons. The van der Waals surface area contributed by atoms with E-state index in [1.807, 2.05) is 6.07 Å². The highest BCUT2D eigenvalue weighted by Gasteiger charge is 2.15. The number of aromatic nitrogens is 2. The van der Waals surface area contributed by atoms with Gasteiger partial charge in [-0.25, -0.2) is 9.97 Å². The number of rotatable bonds is 7. The van der Waals surface area contributed by atoms with Gasteiger partial charge in [0.05, 0.1) is 22.6 Å². The molecule has 20 heavy (non-hydrogen) atoms. The number of nitrogens with one attached hydrogen (secondary N) is 1. The first kappa shape index (κ1) is 15.4. The number of ether oxygens (including phenoxy) is 1. The van der Waals surface area contributed by atoms with Crippen molar-refractivity contribution in [2.75, 3.05) is 13.7 Å². The summed E-state index contributed by atoms with van der Waals surface area (Å²) >= 11 is 5.26. The molecule has 0 aliphatic rings. The topological polar surface area (TPSA) is 47.0 Å². The summed E-state index contributed by atoms with van der Waals surface area (Å²) in [5.74, 6) is 0.602. The summed E-state index contributed by atoms with van der Waals surface area (Å²) in [6.45, 7) is 3.12. The molecule has 0 bridgehead atoms. The molecule has 4 nitrogen and oxygen atoms in total. The number of hydrogen-bond donors (Lipinski definition) is 1. The van der Waals surface area contributed by atoms with Gasteiger partial charge in [0.1, 0.15) is 6.33 Å². The van der Waals surface area contributed by atoms with Crippen molar-refractivity contribution in [2.24, 2.45) is 0 Å². The lowest BCUT2D eigenvalue weighted by Gasteiger charge is -2.17. The van der Waals surface area contributed by atoms with Crippen molar-refractivity contribution in [3.8, 4) is 5.88 Å². The SMILES string of the molecule is CCCNC(Cc1ccc(Br)s1)c1cc(OC)ncn1. The maximum Gasteiger partial charge on any atom is 0.216 e. The molecule has 0 aliphatic heterocycles. The van der Waals surface area contributed by atoms with Gasteiger partial charge in [-0.2, -0.15) is 0 Å². The van der Waals surface area contributed by atoms with Crippen molar-refractivity contribution < 1.29 is 4.74 Å². The molecule has 1 atom stereocenters. The van der Waals surface area contributed by atoms with Crippen LogP contribution in [0.15, 0.2) is 28.3 Å². The molecule has 2 aromatic heterocycles. The van der Waals surface area contributed by atoms with Crippen LogP contribution in [0.1, 0.15) is 30.0 Å². The fourth-order valence-corrected chi connectivity index (χ4v) is 3.45. The Bertz CT molecular complexity index is 547. The Morgan fingerprint density at radius 3 is 2.90 bits per heavy atom. The Kier molecular flexibility index (Phi) is 5.94. The highest BCUT2D eigenvalue weighted by Crippen LogP contribution is 2.27. The number of hydrogen-bond acceptors (Lipinski definition) is 5. The van der Waals surface area contributed by atoms with E-state index in [1.54, 1.807) is 24.8 Å². The molecule has 0 saturated heterocycles. The molecule has 1 unspecified atom stereocenters. The van der Waals surface area contributed by atoms with E-state index in [1.165, 1.54) is 4.88 Å². The van der Waals surface area contributed by atoms with Crippen LogP contribution in [0.3, 0.4) is 0 Å². The summed E-state index contributed by atoms with van der Waals surface area (Å²) in [7, 11) is 1.62. The van der Waals surface area contributed by atoms with E-state index in [9.17, 15) is 0 Å². The van der Waals surface area contributed by atoms with Crippen LogP contribution in [0.25, 0.3) is 0 Å². The first-order valence-electron chi connectivity index (χ1n) is 6.56. The first-order valence-corrected chi connectivity index (χ1v) is 8.17. The summed E-state index contributed by atoms with van der Waals surface area (Å²) in [4.78, 5) is 9.77. The normalized spacial score (nSPS) is 12.3. The second-order valence-corrected chi connectivity index (χ2v) is 6.95. The molecule has 6 heteroatoms. The monoisotopic (exact) mass is 355 g/mol. The minimum Gasteiger partial charge on any atom is -0.481 e. The molecule has 0 amide bonds. The second kappa shape index (κ2) is 7.71. The van der Waals surface area contributed by atoms with E-state index in [0.717, 1.165) is 28.9 Å². The fraction of sp³-hybridized carbons (Fsp3) is 0.429. The first-order chi connectivity index (χ1) is 9.72. The Labute approximate surface area is 131 Å². The standard InChI is InChI=1S/C14H18BrN3OS/c1-3-6-16-11(7-10-4-5-13(15)20-10)12-8-14(19-2)18-9-17-12/h4-5,8-9,11,16H,3,6-7H2,1-2H3. The molecular formula is C14H18BrN3OS. The van der Waals surface area contributed by atoms with Gasteiger partial charge in [-0.05, 0) is 41.0 Å². The second-order valence-electron chi connectivity index (χ2n) is 4.40. The van der Waals surface area contributed by atoms with Gasteiger partial charge < -0.3 is 10.1 Å². The molecule has 108 valence electrons. The van der Waals surface area contributed by atoms with Crippen molar-refractivity contribution >= 4 is 27.3 Å². The Hall–Kier alpha value is -0.980. The van der Waals surface area contributed by atoms with Crippen LogP contribution in [0.4, 0.5) is 0 Å². The van der Waals surface area contributed by atoms with E-state index in [-0.39, 0.29) is 6.04 Å². The molecule has 1 N–H and O–H groups in total. The zero-order valence-electron chi connectivity index (χ0n) is 11.6. The molecule has 0 aromatic carbocycles. The molecule has 2 aromatic rings. The van der Waals surface area contributed by atoms with Crippen molar-refractivity contribution in [3.63, 3.8) is 0 Å². The van der Waals surface area contributed by atoms with E-state index >= 15 is 0 Å². The van der Waals surface area contributed by atoms with Crippen molar-refractivity contribution in [1.29, 1.82) is 0 Å². The van der Waals surface area contributed by atoms with E-state index in [4.69, 9.17) is 4.74 Å². The minimum absolute atomic E-state index is 0.178. The maximum atomic E-state index is 5.18. The predicted octanol–water partition coefficient (Wildman–Crippen LogP) is 3.59. The number of halogens is 1. The van der Waals surface area contributed by atoms with Crippen molar-refractivity contribution in [1.82, 2.24) is 15.3 Å². The molecule has 2 heterocycles. The third kappa shape index (κ3) is 4.26. The molecule has 2 rings (SSSR count). The van der Waals surface area contributed by atoms with Crippen LogP contribution in [0.2, 0.25) is 0 Å². The fourth-order valence-electron chi connectivity index (χ4n) is 1.92. The van der Waals surface area contributed by atoms with E-state index < -0.39 is 0 Å². The van der Waals surface area contributed by atoms with Gasteiger partial charge in [0.15, 0.2) is 0 Å².